The van der Waals surface area contributed by atoms with Crippen LogP contribution in [0.2, 0.25) is 6.04 Å². The van der Waals surface area contributed by atoms with Crippen molar-refractivity contribution in [3.8, 4) is 0 Å². The molecule has 2 nitrogen and oxygen atoms in total. The summed E-state index contributed by atoms with van der Waals surface area (Å²) < 4.78 is 11.0. The molecule has 0 fully saturated rings. The summed E-state index contributed by atoms with van der Waals surface area (Å²) in [5.74, 6) is 1.80. The predicted octanol–water partition coefficient (Wildman–Crippen LogP) is 1.50. The van der Waals surface area contributed by atoms with Gasteiger partial charge in [-0.2, -0.15) is 12.6 Å². The summed E-state index contributed by atoms with van der Waals surface area (Å²) in [6.45, 7) is 7.78. The van der Waals surface area contributed by atoms with Gasteiger partial charge in [0.15, 0.2) is 0 Å². The Bertz CT molecular complexity index is 108. The third-order valence-electron chi connectivity index (χ3n) is 1.91. The molecular formula is C9H22O2SSi. The summed E-state index contributed by atoms with van der Waals surface area (Å²) in [6, 6.07) is 1.26. The first-order valence-corrected chi connectivity index (χ1v) is 7.53. The highest BCUT2D eigenvalue weighted by Crippen LogP contribution is 2.06. The standard InChI is InChI=1S/C9H22O2SSi/c1-4-10-9(11-5-2)13-7-8(3)6-12/h8-9,12H,4-7,13H2,1-3H3. The second kappa shape index (κ2) is 9.06. The molecule has 0 rings (SSSR count). The molecule has 80 valence electrons. The molecule has 0 spiro atoms. The minimum atomic E-state index is -0.248. The molecule has 0 aromatic rings. The average molecular weight is 222 g/mol. The van der Waals surface area contributed by atoms with E-state index >= 15 is 0 Å². The van der Waals surface area contributed by atoms with Gasteiger partial charge in [0, 0.05) is 13.2 Å². The van der Waals surface area contributed by atoms with Crippen molar-refractivity contribution >= 4 is 22.1 Å². The molecule has 4 heteroatoms. The van der Waals surface area contributed by atoms with Crippen molar-refractivity contribution in [1.29, 1.82) is 0 Å². The van der Waals surface area contributed by atoms with Crippen molar-refractivity contribution in [3.05, 3.63) is 0 Å². The topological polar surface area (TPSA) is 18.5 Å². The lowest BCUT2D eigenvalue weighted by Gasteiger charge is -2.17. The normalized spacial score (nSPS) is 14.5. The van der Waals surface area contributed by atoms with Crippen molar-refractivity contribution in [2.75, 3.05) is 19.0 Å². The minimum absolute atomic E-state index is 0.123. The highest BCUT2D eigenvalue weighted by Gasteiger charge is 2.10. The maximum atomic E-state index is 5.49. The van der Waals surface area contributed by atoms with E-state index in [1.807, 2.05) is 13.8 Å². The van der Waals surface area contributed by atoms with Crippen LogP contribution in [0.4, 0.5) is 0 Å². The van der Waals surface area contributed by atoms with E-state index in [0.717, 1.165) is 19.0 Å². The van der Waals surface area contributed by atoms with Crippen molar-refractivity contribution in [1.82, 2.24) is 0 Å². The fraction of sp³-hybridized carbons (Fsp3) is 1.00. The maximum Gasteiger partial charge on any atom is 0.134 e. The Balaban J connectivity index is 3.55. The molecule has 0 N–H and O–H groups in total. The van der Waals surface area contributed by atoms with E-state index in [2.05, 4.69) is 19.6 Å². The minimum Gasteiger partial charge on any atom is -0.357 e. The fourth-order valence-corrected chi connectivity index (χ4v) is 3.47. The Hall–Kier alpha value is 0.487. The van der Waals surface area contributed by atoms with Crippen LogP contribution in [0.15, 0.2) is 0 Å². The summed E-state index contributed by atoms with van der Waals surface area (Å²) in [4.78, 5) is 0. The van der Waals surface area contributed by atoms with Crippen LogP contribution in [0, 0.1) is 5.92 Å². The molecule has 0 amide bonds. The van der Waals surface area contributed by atoms with E-state index in [-0.39, 0.29) is 15.4 Å². The zero-order chi connectivity index (χ0) is 10.1. The zero-order valence-corrected chi connectivity index (χ0v) is 11.3. The number of rotatable bonds is 8. The van der Waals surface area contributed by atoms with Crippen LogP contribution in [-0.4, -0.2) is 34.4 Å². The van der Waals surface area contributed by atoms with Gasteiger partial charge in [0.2, 0.25) is 0 Å². The van der Waals surface area contributed by atoms with Crippen LogP contribution >= 0.6 is 12.6 Å². The molecule has 0 aliphatic heterocycles. The van der Waals surface area contributed by atoms with Gasteiger partial charge in [-0.05, 0) is 25.5 Å². The van der Waals surface area contributed by atoms with Crippen molar-refractivity contribution in [3.63, 3.8) is 0 Å². The molecule has 0 heterocycles. The van der Waals surface area contributed by atoms with Crippen LogP contribution in [-0.2, 0) is 9.47 Å². The molecule has 0 saturated carbocycles. The highest BCUT2D eigenvalue weighted by atomic mass is 32.1. The van der Waals surface area contributed by atoms with Crippen molar-refractivity contribution < 1.29 is 9.47 Å². The second-order valence-electron chi connectivity index (χ2n) is 3.21. The van der Waals surface area contributed by atoms with Crippen LogP contribution in [0.3, 0.4) is 0 Å². The van der Waals surface area contributed by atoms with Gasteiger partial charge < -0.3 is 9.47 Å². The molecule has 0 aliphatic rings. The van der Waals surface area contributed by atoms with Gasteiger partial charge in [0.05, 0.1) is 9.52 Å². The third kappa shape index (κ3) is 7.55. The van der Waals surface area contributed by atoms with Gasteiger partial charge in [0.25, 0.3) is 0 Å². The van der Waals surface area contributed by atoms with E-state index in [1.54, 1.807) is 0 Å². The molecule has 1 atom stereocenters. The lowest BCUT2D eigenvalue weighted by atomic mass is 10.3. The molecule has 0 aromatic heterocycles. The van der Waals surface area contributed by atoms with Crippen LogP contribution < -0.4 is 0 Å². The quantitative estimate of drug-likeness (QED) is 0.381. The van der Waals surface area contributed by atoms with E-state index in [1.165, 1.54) is 6.04 Å². The fourth-order valence-electron chi connectivity index (χ4n) is 1.10. The number of thiol groups is 1. The summed E-state index contributed by atoms with van der Waals surface area (Å²) in [5, 5.41) is 0. The number of ether oxygens (including phenoxy) is 2. The largest absolute Gasteiger partial charge is 0.357 e. The van der Waals surface area contributed by atoms with Crippen LogP contribution in [0.1, 0.15) is 20.8 Å². The molecule has 0 bridgehead atoms. The number of hydrogen-bond acceptors (Lipinski definition) is 3. The van der Waals surface area contributed by atoms with Gasteiger partial charge in [0.1, 0.15) is 5.91 Å². The monoisotopic (exact) mass is 222 g/mol. The molecular weight excluding hydrogens is 200 g/mol. The Morgan fingerprint density at radius 3 is 2.15 bits per heavy atom. The smallest absolute Gasteiger partial charge is 0.134 e. The van der Waals surface area contributed by atoms with Crippen LogP contribution in [0.5, 0.6) is 0 Å². The lowest BCUT2D eigenvalue weighted by molar-refractivity contribution is -0.0829. The number of hydrogen-bond donors (Lipinski definition) is 1. The predicted molar refractivity (Wildman–Crippen MR) is 63.4 cm³/mol. The van der Waals surface area contributed by atoms with Crippen molar-refractivity contribution in [2.45, 2.75) is 32.7 Å². The van der Waals surface area contributed by atoms with Crippen molar-refractivity contribution in [2.24, 2.45) is 5.92 Å². The first-order valence-electron chi connectivity index (χ1n) is 5.08. The van der Waals surface area contributed by atoms with E-state index in [0.29, 0.717) is 5.92 Å². The molecule has 0 saturated heterocycles. The van der Waals surface area contributed by atoms with Gasteiger partial charge in [-0.3, -0.25) is 0 Å². The Labute approximate surface area is 89.6 Å². The first kappa shape index (κ1) is 13.5. The molecule has 0 aliphatic carbocycles. The van der Waals surface area contributed by atoms with Gasteiger partial charge in [-0.1, -0.05) is 13.0 Å². The summed E-state index contributed by atoms with van der Waals surface area (Å²) >= 11 is 4.26. The second-order valence-corrected chi connectivity index (χ2v) is 5.39. The maximum absolute atomic E-state index is 5.49. The van der Waals surface area contributed by atoms with E-state index < -0.39 is 0 Å². The highest BCUT2D eigenvalue weighted by molar-refractivity contribution is 7.80. The van der Waals surface area contributed by atoms with E-state index in [9.17, 15) is 0 Å². The molecule has 0 aromatic carbocycles. The van der Waals surface area contributed by atoms with Gasteiger partial charge in [-0.25, -0.2) is 0 Å². The summed E-state index contributed by atoms with van der Waals surface area (Å²) in [5.41, 5.74) is 0. The van der Waals surface area contributed by atoms with E-state index in [4.69, 9.17) is 9.47 Å². The van der Waals surface area contributed by atoms with Crippen LogP contribution in [0.25, 0.3) is 0 Å². The summed E-state index contributed by atoms with van der Waals surface area (Å²) in [6.07, 6.45) is 0. The molecule has 1 unspecified atom stereocenters. The lowest BCUT2D eigenvalue weighted by Crippen LogP contribution is -2.26. The first-order chi connectivity index (χ1) is 6.24. The molecule has 0 radical (unpaired) electrons. The zero-order valence-electron chi connectivity index (χ0n) is 8.95. The third-order valence-corrected chi connectivity index (χ3v) is 4.80. The Morgan fingerprint density at radius 2 is 1.77 bits per heavy atom. The Kier molecular flexibility index (Phi) is 9.40. The average Bonchev–Trinajstić information content (AvgIpc) is 2.14. The van der Waals surface area contributed by atoms with Gasteiger partial charge >= 0.3 is 0 Å². The molecule has 13 heavy (non-hydrogen) atoms. The Morgan fingerprint density at radius 1 is 1.23 bits per heavy atom. The summed E-state index contributed by atoms with van der Waals surface area (Å²) in [7, 11) is -0.248. The van der Waals surface area contributed by atoms with Gasteiger partial charge in [-0.15, -0.1) is 0 Å². The SMILES string of the molecule is CCOC(OCC)[SiH2]CC(C)CS.